The number of thiophene rings is 1. The highest BCUT2D eigenvalue weighted by Crippen LogP contribution is 2.40. The van der Waals surface area contributed by atoms with Gasteiger partial charge in [-0.2, -0.15) is 0 Å². The van der Waals surface area contributed by atoms with E-state index in [1.54, 1.807) is 0 Å². The van der Waals surface area contributed by atoms with Gasteiger partial charge in [-0.15, -0.1) is 11.3 Å². The highest BCUT2D eigenvalue weighted by Gasteiger charge is 2.13. The SMILES string of the molecule is CCCCCCCCOc1cc2c(cc1[Si])sc1cc(Br)c(OCCCCCCCC)cc12. The Kier molecular flexibility index (Phi) is 11.6. The molecule has 0 saturated heterocycles. The van der Waals surface area contributed by atoms with E-state index in [1.165, 1.54) is 84.4 Å². The molecule has 2 aromatic carbocycles. The van der Waals surface area contributed by atoms with E-state index in [9.17, 15) is 0 Å². The maximum atomic E-state index is 6.16. The molecule has 2 nitrogen and oxygen atoms in total. The van der Waals surface area contributed by atoms with Crippen molar-refractivity contribution in [2.45, 2.75) is 90.9 Å². The third-order valence-corrected chi connectivity index (χ3v) is 8.26. The summed E-state index contributed by atoms with van der Waals surface area (Å²) < 4.78 is 15.9. The zero-order valence-electron chi connectivity index (χ0n) is 20.3. The van der Waals surface area contributed by atoms with Crippen molar-refractivity contribution in [3.05, 3.63) is 28.7 Å². The first-order chi connectivity index (χ1) is 16.1. The normalized spacial score (nSPS) is 11.5. The molecule has 0 unspecified atom stereocenters. The van der Waals surface area contributed by atoms with Gasteiger partial charge < -0.3 is 9.47 Å². The summed E-state index contributed by atoms with van der Waals surface area (Å²) in [5, 5.41) is 3.51. The van der Waals surface area contributed by atoms with Crippen molar-refractivity contribution in [1.82, 2.24) is 0 Å². The minimum atomic E-state index is 0.773. The number of rotatable bonds is 16. The summed E-state index contributed by atoms with van der Waals surface area (Å²) in [6, 6.07) is 8.78. The largest absolute Gasteiger partial charge is 0.494 e. The summed E-state index contributed by atoms with van der Waals surface area (Å²) in [7, 11) is 3.78. The Morgan fingerprint density at radius 2 is 1.15 bits per heavy atom. The zero-order valence-corrected chi connectivity index (χ0v) is 23.7. The lowest BCUT2D eigenvalue weighted by atomic mass is 10.1. The molecule has 0 atom stereocenters. The van der Waals surface area contributed by atoms with Gasteiger partial charge in [-0.05, 0) is 58.2 Å². The van der Waals surface area contributed by atoms with Crippen molar-refractivity contribution in [1.29, 1.82) is 0 Å². The summed E-state index contributed by atoms with van der Waals surface area (Å²) in [5.74, 6) is 1.87. The Labute approximate surface area is 216 Å². The summed E-state index contributed by atoms with van der Waals surface area (Å²) in [5.41, 5.74) is 0. The molecular weight excluding hydrogens is 508 g/mol. The maximum Gasteiger partial charge on any atom is 0.134 e. The Morgan fingerprint density at radius 3 is 1.76 bits per heavy atom. The summed E-state index contributed by atoms with van der Waals surface area (Å²) in [6.45, 7) is 6.06. The number of halogens is 1. The van der Waals surface area contributed by atoms with Crippen LogP contribution in [-0.4, -0.2) is 23.5 Å². The van der Waals surface area contributed by atoms with Crippen molar-refractivity contribution in [2.24, 2.45) is 0 Å². The molecule has 3 radical (unpaired) electrons. The molecule has 0 amide bonds. The number of fused-ring (bicyclic) bond motifs is 3. The van der Waals surface area contributed by atoms with Crippen LogP contribution in [0.1, 0.15) is 90.9 Å². The van der Waals surface area contributed by atoms with E-state index in [0.29, 0.717) is 0 Å². The van der Waals surface area contributed by atoms with Crippen molar-refractivity contribution in [3.63, 3.8) is 0 Å². The number of hydrogen-bond donors (Lipinski definition) is 0. The Hall–Kier alpha value is -1.04. The molecule has 179 valence electrons. The molecule has 0 aliphatic heterocycles. The Morgan fingerprint density at radius 1 is 0.667 bits per heavy atom. The van der Waals surface area contributed by atoms with E-state index in [-0.39, 0.29) is 0 Å². The second-order valence-corrected chi connectivity index (χ2v) is 11.4. The van der Waals surface area contributed by atoms with E-state index in [0.717, 1.165) is 47.2 Å². The van der Waals surface area contributed by atoms with Crippen LogP contribution in [0, 0.1) is 0 Å². The molecule has 5 heteroatoms. The molecule has 0 N–H and O–H groups in total. The third kappa shape index (κ3) is 8.00. The van der Waals surface area contributed by atoms with Crippen LogP contribution in [0.2, 0.25) is 0 Å². The molecule has 3 aromatic rings. The van der Waals surface area contributed by atoms with Crippen LogP contribution in [0.25, 0.3) is 20.2 Å². The molecule has 0 aliphatic carbocycles. The van der Waals surface area contributed by atoms with Gasteiger partial charge in [-0.25, -0.2) is 0 Å². The molecule has 0 aliphatic rings. The molecule has 0 fully saturated rings. The van der Waals surface area contributed by atoms with Crippen LogP contribution in [0.4, 0.5) is 0 Å². The number of unbranched alkanes of at least 4 members (excludes halogenated alkanes) is 10. The molecule has 0 saturated carbocycles. The Balaban J connectivity index is 1.63. The lowest BCUT2D eigenvalue weighted by Gasteiger charge is -2.10. The first-order valence-corrected chi connectivity index (χ1v) is 14.9. The molecule has 1 heterocycles. The molecule has 3 rings (SSSR count). The first kappa shape index (κ1) is 26.6. The van der Waals surface area contributed by atoms with Crippen molar-refractivity contribution >= 4 is 62.9 Å². The van der Waals surface area contributed by atoms with Crippen LogP contribution in [-0.2, 0) is 0 Å². The fourth-order valence-corrected chi connectivity index (χ4v) is 6.31. The second-order valence-electron chi connectivity index (χ2n) is 8.96. The predicted molar refractivity (Wildman–Crippen MR) is 150 cm³/mol. The third-order valence-electron chi connectivity index (χ3n) is 6.14. The molecule has 33 heavy (non-hydrogen) atoms. The van der Waals surface area contributed by atoms with E-state index in [1.807, 2.05) is 11.3 Å². The van der Waals surface area contributed by atoms with Gasteiger partial charge in [0.2, 0.25) is 0 Å². The van der Waals surface area contributed by atoms with Crippen LogP contribution >= 0.6 is 27.3 Å². The highest BCUT2D eigenvalue weighted by atomic mass is 79.9. The van der Waals surface area contributed by atoms with Gasteiger partial charge in [0.25, 0.3) is 0 Å². The highest BCUT2D eigenvalue weighted by molar-refractivity contribution is 9.10. The van der Waals surface area contributed by atoms with Gasteiger partial charge in [-0.3, -0.25) is 0 Å². The van der Waals surface area contributed by atoms with Crippen LogP contribution < -0.4 is 14.7 Å². The van der Waals surface area contributed by atoms with Gasteiger partial charge in [0, 0.05) is 20.2 Å². The predicted octanol–water partition coefficient (Wildman–Crippen LogP) is 9.09. The number of hydrogen-bond acceptors (Lipinski definition) is 3. The van der Waals surface area contributed by atoms with E-state index >= 15 is 0 Å². The van der Waals surface area contributed by atoms with E-state index < -0.39 is 0 Å². The van der Waals surface area contributed by atoms with Gasteiger partial charge in [0.15, 0.2) is 0 Å². The van der Waals surface area contributed by atoms with Crippen LogP contribution in [0.15, 0.2) is 28.7 Å². The number of ether oxygens (including phenoxy) is 2. The fraction of sp³-hybridized carbons (Fsp3) is 0.571. The zero-order chi connectivity index (χ0) is 23.5. The lowest BCUT2D eigenvalue weighted by molar-refractivity contribution is 0.303. The van der Waals surface area contributed by atoms with Crippen LogP contribution in [0.5, 0.6) is 11.5 Å². The first-order valence-electron chi connectivity index (χ1n) is 12.8. The van der Waals surface area contributed by atoms with Crippen molar-refractivity contribution < 1.29 is 9.47 Å². The molecule has 0 spiro atoms. The molecule has 0 bridgehead atoms. The number of benzene rings is 2. The summed E-state index contributed by atoms with van der Waals surface area (Å²) >= 11 is 5.53. The molecule has 1 aromatic heterocycles. The maximum absolute atomic E-state index is 6.16. The standard InChI is InChI=1S/C28H38BrO2SSi/c1-3-5-7-9-11-13-15-30-24-17-21-22-18-25(31-16-14-12-10-8-6-4-2)28(33)20-27(22)32-26(21)19-23(24)29/h17-20H,3-16H2,1-2H3. The average Bonchev–Trinajstić information content (AvgIpc) is 3.13. The average molecular weight is 547 g/mol. The summed E-state index contributed by atoms with van der Waals surface area (Å²) in [6.07, 6.45) is 15.3. The van der Waals surface area contributed by atoms with Gasteiger partial charge >= 0.3 is 0 Å². The lowest BCUT2D eigenvalue weighted by Crippen LogP contribution is -2.09. The minimum absolute atomic E-state index is 0.773. The van der Waals surface area contributed by atoms with Crippen LogP contribution in [0.3, 0.4) is 0 Å². The molecular formula is C28H38BrO2SSi. The van der Waals surface area contributed by atoms with E-state index in [2.05, 4.69) is 64.3 Å². The fourth-order valence-electron chi connectivity index (χ4n) is 4.16. The van der Waals surface area contributed by atoms with E-state index in [4.69, 9.17) is 9.47 Å². The van der Waals surface area contributed by atoms with Crippen molar-refractivity contribution in [2.75, 3.05) is 13.2 Å². The van der Waals surface area contributed by atoms with Gasteiger partial charge in [0.05, 0.1) is 27.9 Å². The Bertz CT molecular complexity index is 922. The van der Waals surface area contributed by atoms with Gasteiger partial charge in [-0.1, -0.05) is 78.1 Å². The quantitative estimate of drug-likeness (QED) is 0.132. The second kappa shape index (κ2) is 14.4. The van der Waals surface area contributed by atoms with Crippen molar-refractivity contribution in [3.8, 4) is 11.5 Å². The van der Waals surface area contributed by atoms with Gasteiger partial charge in [0.1, 0.15) is 11.5 Å². The minimum Gasteiger partial charge on any atom is -0.494 e. The monoisotopic (exact) mass is 545 g/mol. The topological polar surface area (TPSA) is 18.5 Å². The summed E-state index contributed by atoms with van der Waals surface area (Å²) in [4.78, 5) is 0. The smallest absolute Gasteiger partial charge is 0.134 e.